The summed E-state index contributed by atoms with van der Waals surface area (Å²) < 4.78 is 60.2. The topological polar surface area (TPSA) is 112 Å². The highest BCUT2D eigenvalue weighted by Gasteiger charge is 2.70. The molecule has 4 heterocycles. The highest BCUT2D eigenvalue weighted by atomic mass is 35.5. The smallest absolute Gasteiger partial charge is 0.257 e. The lowest BCUT2D eigenvalue weighted by atomic mass is 9.79. The number of likely N-dealkylation sites (N-methyl/N-ethyl adjacent to an activating group) is 2. The number of carbonyl (C=O) groups excluding carboxylic acids is 2. The number of hydrogen-bond acceptors (Lipinski definition) is 7. The normalized spacial score (nSPS) is 24.0. The molecule has 4 aromatic carbocycles. The minimum Gasteiger partial charge on any atom is -0.355 e. The van der Waals surface area contributed by atoms with E-state index in [1.165, 1.54) is 53.4 Å². The van der Waals surface area contributed by atoms with Crippen LogP contribution in [-0.2, 0) is 34.8 Å². The summed E-state index contributed by atoms with van der Waals surface area (Å²) in [4.78, 5) is 34.4. The van der Waals surface area contributed by atoms with Gasteiger partial charge in [-0.05, 0) is 98.5 Å². The lowest BCUT2D eigenvalue weighted by molar-refractivity contribution is -0.129. The van der Waals surface area contributed by atoms with Crippen molar-refractivity contribution in [3.63, 3.8) is 0 Å². The van der Waals surface area contributed by atoms with E-state index in [9.17, 15) is 13.2 Å². The van der Waals surface area contributed by atoms with E-state index in [1.54, 1.807) is 19.0 Å². The van der Waals surface area contributed by atoms with Crippen molar-refractivity contribution in [2.24, 2.45) is 5.92 Å². The first kappa shape index (κ1) is 35.8. The fraction of sp³-hybridized carbons (Fsp3) is 0.300. The van der Waals surface area contributed by atoms with Gasteiger partial charge in [0, 0.05) is 59.2 Å². The van der Waals surface area contributed by atoms with E-state index in [0.29, 0.717) is 45.4 Å². The van der Waals surface area contributed by atoms with Crippen LogP contribution in [0.2, 0.25) is 10.0 Å². The fourth-order valence-corrected chi connectivity index (χ4v) is 13.2. The van der Waals surface area contributed by atoms with Crippen LogP contribution in [-0.4, -0.2) is 65.2 Å². The Hall–Kier alpha value is -4.16. The van der Waals surface area contributed by atoms with Crippen LogP contribution < -0.4 is 9.80 Å². The molecule has 2 amide bonds. The first-order valence-corrected chi connectivity index (χ1v) is 21.3. The Bertz CT molecular complexity index is 2490. The van der Waals surface area contributed by atoms with Crippen LogP contribution in [0, 0.1) is 19.8 Å². The van der Waals surface area contributed by atoms with Crippen molar-refractivity contribution in [1.29, 1.82) is 0 Å². The van der Waals surface area contributed by atoms with E-state index < -0.39 is 54.0 Å². The zero-order valence-corrected chi connectivity index (χ0v) is 32.7. The summed E-state index contributed by atoms with van der Waals surface area (Å²) in [5.41, 5.74) is 3.53. The van der Waals surface area contributed by atoms with Gasteiger partial charge < -0.3 is 14.7 Å². The van der Waals surface area contributed by atoms with Crippen LogP contribution in [0.4, 0.5) is 11.4 Å². The van der Waals surface area contributed by atoms with Crippen molar-refractivity contribution < 1.29 is 26.4 Å². The third kappa shape index (κ3) is 5.21. The average molecular weight is 791 g/mol. The summed E-state index contributed by atoms with van der Waals surface area (Å²) in [6.45, 7) is 4.10. The molecule has 9 nitrogen and oxygen atoms in total. The van der Waals surface area contributed by atoms with Gasteiger partial charge in [-0.25, -0.2) is 16.8 Å². The molecule has 1 spiro atoms. The van der Waals surface area contributed by atoms with E-state index in [2.05, 4.69) is 0 Å². The number of hydrogen-bond donors (Lipinski definition) is 0. The minimum absolute atomic E-state index is 0.0426. The molecule has 1 saturated heterocycles. The average Bonchev–Trinajstić information content (AvgIpc) is 3.63. The van der Waals surface area contributed by atoms with Crippen LogP contribution >= 0.6 is 23.2 Å². The molecule has 4 aliphatic rings. The van der Waals surface area contributed by atoms with Gasteiger partial charge in [0.05, 0.1) is 21.5 Å². The van der Waals surface area contributed by atoms with Gasteiger partial charge in [0.1, 0.15) is 5.25 Å². The van der Waals surface area contributed by atoms with Gasteiger partial charge in [0.25, 0.3) is 5.91 Å². The summed E-state index contributed by atoms with van der Waals surface area (Å²) >= 11 is 12.4. The SMILES string of the molecule is Cc1ccc2c(c1)[C@H](C1=C3[C@@H](S(=O)(=O)c4ccc(Cl)cc4)[C@H](CS(=O)(=O)c4ccc(Cl)cc4)[C@]4(C(=O)N(C)c5ccc(C)cc54)N3CCC1)C(=O)N2C. The molecule has 4 aromatic rings. The van der Waals surface area contributed by atoms with E-state index in [1.807, 2.05) is 55.1 Å². The Morgan fingerprint density at radius 3 is 1.98 bits per heavy atom. The summed E-state index contributed by atoms with van der Waals surface area (Å²) in [6, 6.07) is 22.9. The number of amides is 2. The predicted molar refractivity (Wildman–Crippen MR) is 206 cm³/mol. The Morgan fingerprint density at radius 2 is 1.34 bits per heavy atom. The monoisotopic (exact) mass is 789 g/mol. The van der Waals surface area contributed by atoms with Gasteiger partial charge in [-0.1, -0.05) is 58.6 Å². The largest absolute Gasteiger partial charge is 0.355 e. The van der Waals surface area contributed by atoms with E-state index in [0.717, 1.165) is 22.4 Å². The van der Waals surface area contributed by atoms with Gasteiger partial charge in [-0.2, -0.15) is 0 Å². The number of nitrogens with zero attached hydrogens (tertiary/aromatic N) is 3. The molecule has 0 aromatic heterocycles. The van der Waals surface area contributed by atoms with Gasteiger partial charge >= 0.3 is 0 Å². The van der Waals surface area contributed by atoms with Gasteiger partial charge in [-0.15, -0.1) is 0 Å². The number of carbonyl (C=O) groups is 2. The Balaban J connectivity index is 1.48. The van der Waals surface area contributed by atoms with Crippen molar-refractivity contribution >= 4 is 66.1 Å². The number of benzene rings is 4. The minimum atomic E-state index is -4.47. The summed E-state index contributed by atoms with van der Waals surface area (Å²) in [5.74, 6) is -3.48. The summed E-state index contributed by atoms with van der Waals surface area (Å²) in [6.07, 6.45) is 0.894. The number of sulfone groups is 2. The van der Waals surface area contributed by atoms with Gasteiger partial charge in [-0.3, -0.25) is 9.59 Å². The highest BCUT2D eigenvalue weighted by molar-refractivity contribution is 7.93. The molecule has 0 aliphatic carbocycles. The maximum absolute atomic E-state index is 15.5. The lowest BCUT2D eigenvalue weighted by Crippen LogP contribution is -2.55. The lowest BCUT2D eigenvalue weighted by Gasteiger charge is -2.42. The van der Waals surface area contributed by atoms with Crippen molar-refractivity contribution in [3.8, 4) is 0 Å². The maximum Gasteiger partial charge on any atom is 0.257 e. The molecule has 4 atom stereocenters. The molecule has 4 aliphatic heterocycles. The molecule has 8 rings (SSSR count). The first-order chi connectivity index (χ1) is 25.1. The van der Waals surface area contributed by atoms with Crippen molar-refractivity contribution in [2.75, 3.05) is 36.2 Å². The van der Waals surface area contributed by atoms with Crippen LogP contribution in [0.5, 0.6) is 0 Å². The zero-order chi connectivity index (χ0) is 37.8. The van der Waals surface area contributed by atoms with E-state index in [4.69, 9.17) is 23.2 Å². The number of halogens is 2. The standard InChI is InChI=1S/C40H37Cl2N3O6S2/c1-23-7-17-33-30(20-23)35(38(46)43(33)3)29-6-5-19-45-36(29)37(53(50,51)28-15-11-26(42)12-16-28)32(22-52(48,49)27-13-9-25(41)10-14-27)40(45)31-21-24(2)8-18-34(31)44(4)39(40)47/h7-18,20-21,32,35,37H,5-6,19,22H2,1-4H3/t32-,35-,37-,40+/m0/s1. The third-order valence-corrected chi connectivity index (χ3v) is 15.9. The number of fused-ring (bicyclic) bond motifs is 5. The second kappa shape index (κ2) is 12.4. The summed E-state index contributed by atoms with van der Waals surface area (Å²) in [7, 11) is -5.38. The van der Waals surface area contributed by atoms with E-state index in [-0.39, 0.29) is 22.2 Å². The number of anilines is 2. The molecule has 13 heteroatoms. The molecular weight excluding hydrogens is 753 g/mol. The first-order valence-electron chi connectivity index (χ1n) is 17.3. The van der Waals surface area contributed by atoms with Crippen molar-refractivity contribution in [2.45, 2.75) is 53.2 Å². The molecule has 0 bridgehead atoms. The highest BCUT2D eigenvalue weighted by Crippen LogP contribution is 2.62. The zero-order valence-electron chi connectivity index (χ0n) is 29.5. The van der Waals surface area contributed by atoms with Crippen molar-refractivity contribution in [1.82, 2.24) is 4.90 Å². The number of rotatable bonds is 6. The molecular formula is C40H37Cl2N3O6S2. The summed E-state index contributed by atoms with van der Waals surface area (Å²) in [5, 5.41) is -0.858. The second-order valence-corrected chi connectivity index (χ2v) is 19.4. The van der Waals surface area contributed by atoms with Gasteiger partial charge in [0.15, 0.2) is 25.2 Å². The quantitative estimate of drug-likeness (QED) is 0.210. The second-order valence-electron chi connectivity index (χ2n) is 14.5. The molecule has 0 N–H and O–H groups in total. The molecule has 53 heavy (non-hydrogen) atoms. The Kier molecular flexibility index (Phi) is 8.42. The third-order valence-electron chi connectivity index (χ3n) is 11.4. The molecule has 274 valence electrons. The molecule has 1 fully saturated rings. The van der Waals surface area contributed by atoms with Crippen LogP contribution in [0.15, 0.2) is 106 Å². The van der Waals surface area contributed by atoms with E-state index >= 15 is 13.2 Å². The van der Waals surface area contributed by atoms with Crippen molar-refractivity contribution in [3.05, 3.63) is 128 Å². The molecule has 0 saturated carbocycles. The van der Waals surface area contributed by atoms with Gasteiger partial charge in [0.2, 0.25) is 5.91 Å². The molecule has 0 radical (unpaired) electrons. The van der Waals surface area contributed by atoms with Crippen LogP contribution in [0.1, 0.15) is 41.0 Å². The van der Waals surface area contributed by atoms with Crippen LogP contribution in [0.25, 0.3) is 0 Å². The fourth-order valence-electron chi connectivity index (χ4n) is 9.11. The maximum atomic E-state index is 15.5. The Labute approximate surface area is 319 Å². The van der Waals surface area contributed by atoms with Crippen LogP contribution in [0.3, 0.4) is 0 Å². The molecule has 0 unspecified atom stereocenters. The predicted octanol–water partition coefficient (Wildman–Crippen LogP) is 6.84. The Morgan fingerprint density at radius 1 is 0.755 bits per heavy atom. The number of aryl methyl sites for hydroxylation is 2.